The summed E-state index contributed by atoms with van der Waals surface area (Å²) < 4.78 is 0. The van der Waals surface area contributed by atoms with E-state index in [1.165, 1.54) is 36.8 Å². The summed E-state index contributed by atoms with van der Waals surface area (Å²) in [4.78, 5) is 0. The molecule has 0 heterocycles. The molecule has 3 heteroatoms. The number of nitrogens with two attached hydrogens (primary N) is 2. The lowest BCUT2D eigenvalue weighted by Gasteiger charge is -2.26. The van der Waals surface area contributed by atoms with Gasteiger partial charge < -0.3 is 11.5 Å². The molecule has 1 aliphatic rings. The molecule has 4 N–H and O–H groups in total. The highest BCUT2D eigenvalue weighted by molar-refractivity contribution is 6.11. The number of hydrogen-bond donors (Lipinski definition) is 2. The van der Waals surface area contributed by atoms with Crippen LogP contribution in [0.3, 0.4) is 0 Å². The fourth-order valence-electron chi connectivity index (χ4n) is 3.38. The molecule has 1 aliphatic carbocycles. The van der Waals surface area contributed by atoms with Crippen LogP contribution in [0.2, 0.25) is 5.82 Å². The maximum absolute atomic E-state index is 5.88. The van der Waals surface area contributed by atoms with E-state index in [9.17, 15) is 0 Å². The zero-order valence-electron chi connectivity index (χ0n) is 12.7. The molecule has 0 atom stereocenters. The lowest BCUT2D eigenvalue weighted by atomic mass is 9.70. The van der Waals surface area contributed by atoms with Gasteiger partial charge in [-0.1, -0.05) is 42.9 Å². The Balaban J connectivity index is 1.80. The molecule has 108 valence electrons. The van der Waals surface area contributed by atoms with E-state index in [2.05, 4.69) is 32.1 Å². The number of anilines is 2. The Bertz CT molecular complexity index is 593. The van der Waals surface area contributed by atoms with E-state index in [4.69, 9.17) is 11.5 Å². The maximum atomic E-state index is 5.88. The molecule has 2 nitrogen and oxygen atoms in total. The summed E-state index contributed by atoms with van der Waals surface area (Å²) in [6.45, 7) is 0. The summed E-state index contributed by atoms with van der Waals surface area (Å²) in [7, 11) is 2.36. The molecule has 0 aliphatic heterocycles. The van der Waals surface area contributed by atoms with Gasteiger partial charge in [0.15, 0.2) is 0 Å². The minimum atomic E-state index is 0.718. The third-order valence-corrected chi connectivity index (χ3v) is 4.71. The predicted octanol–water partition coefficient (Wildman–Crippen LogP) is 3.60. The largest absolute Gasteiger partial charge is 0.399 e. The van der Waals surface area contributed by atoms with Crippen LogP contribution in [-0.4, -0.2) is 7.85 Å². The van der Waals surface area contributed by atoms with Gasteiger partial charge in [-0.05, 0) is 53.6 Å². The highest BCUT2D eigenvalue weighted by Crippen LogP contribution is 2.37. The van der Waals surface area contributed by atoms with Gasteiger partial charge in [0.1, 0.15) is 7.85 Å². The van der Waals surface area contributed by atoms with Crippen molar-refractivity contribution in [2.45, 2.75) is 37.4 Å². The summed E-state index contributed by atoms with van der Waals surface area (Å²) >= 11 is 0. The molecule has 2 aromatic rings. The van der Waals surface area contributed by atoms with E-state index >= 15 is 0 Å². The average Bonchev–Trinajstić information content (AvgIpc) is 2.47. The van der Waals surface area contributed by atoms with Crippen molar-refractivity contribution in [2.24, 2.45) is 0 Å². The molecule has 1 saturated carbocycles. The van der Waals surface area contributed by atoms with Gasteiger partial charge in [0, 0.05) is 11.4 Å². The highest BCUT2D eigenvalue weighted by atomic mass is 14.6. The van der Waals surface area contributed by atoms with Gasteiger partial charge in [0.05, 0.1) is 0 Å². The van der Waals surface area contributed by atoms with E-state index in [1.54, 1.807) is 6.07 Å². The van der Waals surface area contributed by atoms with Gasteiger partial charge in [-0.2, -0.15) is 0 Å². The average molecular weight is 278 g/mol. The number of rotatable bonds is 2. The number of hydrogen-bond acceptors (Lipinski definition) is 2. The van der Waals surface area contributed by atoms with Crippen molar-refractivity contribution in [3.8, 4) is 11.1 Å². The molecule has 0 aromatic heterocycles. The molecule has 0 radical (unpaired) electrons. The SMILES string of the molecule is BC1CCC(c2ccc(-c3cc(N)cc(N)c3)cc2)CC1. The van der Waals surface area contributed by atoms with Crippen LogP contribution >= 0.6 is 0 Å². The summed E-state index contributed by atoms with van der Waals surface area (Å²) in [6.07, 6.45) is 5.37. The normalized spacial score (nSPS) is 22.1. The zero-order valence-corrected chi connectivity index (χ0v) is 12.7. The van der Waals surface area contributed by atoms with Crippen LogP contribution < -0.4 is 11.5 Å². The molecule has 0 saturated heterocycles. The molecule has 1 fully saturated rings. The van der Waals surface area contributed by atoms with E-state index in [-0.39, 0.29) is 0 Å². The van der Waals surface area contributed by atoms with E-state index in [0.29, 0.717) is 0 Å². The molecule has 0 unspecified atom stereocenters. The van der Waals surface area contributed by atoms with Crippen LogP contribution in [0, 0.1) is 0 Å². The van der Waals surface area contributed by atoms with Gasteiger partial charge in [0.2, 0.25) is 0 Å². The number of benzene rings is 2. The lowest BCUT2D eigenvalue weighted by molar-refractivity contribution is 0.444. The summed E-state index contributed by atoms with van der Waals surface area (Å²) in [5, 5.41) is 0. The first-order valence-electron chi connectivity index (χ1n) is 7.88. The molecular weight excluding hydrogens is 255 g/mol. The third kappa shape index (κ3) is 3.23. The van der Waals surface area contributed by atoms with Crippen LogP contribution in [-0.2, 0) is 0 Å². The summed E-state index contributed by atoms with van der Waals surface area (Å²) in [5.41, 5.74) is 16.9. The molecule has 2 aromatic carbocycles. The first-order valence-corrected chi connectivity index (χ1v) is 7.88. The molecular formula is C18H23BN2. The second kappa shape index (κ2) is 5.84. The minimum absolute atomic E-state index is 0.718. The Labute approximate surface area is 128 Å². The summed E-state index contributed by atoms with van der Waals surface area (Å²) in [6, 6.07) is 14.7. The third-order valence-electron chi connectivity index (χ3n) is 4.71. The topological polar surface area (TPSA) is 52.0 Å². The number of nitrogen functional groups attached to an aromatic ring is 2. The lowest BCUT2D eigenvalue weighted by Crippen LogP contribution is -2.09. The Kier molecular flexibility index (Phi) is 3.91. The quantitative estimate of drug-likeness (QED) is 0.651. The molecule has 0 spiro atoms. The molecule has 21 heavy (non-hydrogen) atoms. The first-order chi connectivity index (χ1) is 10.1. The van der Waals surface area contributed by atoms with Crippen molar-refractivity contribution in [3.63, 3.8) is 0 Å². The fourth-order valence-corrected chi connectivity index (χ4v) is 3.38. The van der Waals surface area contributed by atoms with Gasteiger partial charge in [-0.15, -0.1) is 0 Å². The molecule has 0 bridgehead atoms. The smallest absolute Gasteiger partial charge is 0.105 e. The Hall–Kier alpha value is -1.90. The van der Waals surface area contributed by atoms with Crippen LogP contribution in [0.15, 0.2) is 42.5 Å². The predicted molar refractivity (Wildman–Crippen MR) is 94.2 cm³/mol. The van der Waals surface area contributed by atoms with E-state index < -0.39 is 0 Å². The van der Waals surface area contributed by atoms with Crippen molar-refractivity contribution in [3.05, 3.63) is 48.0 Å². The van der Waals surface area contributed by atoms with Crippen molar-refractivity contribution in [2.75, 3.05) is 11.5 Å². The second-order valence-corrected chi connectivity index (χ2v) is 6.47. The second-order valence-electron chi connectivity index (χ2n) is 6.47. The molecule has 0 amide bonds. The summed E-state index contributed by atoms with van der Waals surface area (Å²) in [5.74, 6) is 1.64. The van der Waals surface area contributed by atoms with Crippen LogP contribution in [0.25, 0.3) is 11.1 Å². The van der Waals surface area contributed by atoms with E-state index in [1.807, 2.05) is 12.1 Å². The van der Waals surface area contributed by atoms with Gasteiger partial charge in [-0.25, -0.2) is 0 Å². The Morgan fingerprint density at radius 2 is 1.33 bits per heavy atom. The van der Waals surface area contributed by atoms with E-state index in [0.717, 1.165) is 28.7 Å². The van der Waals surface area contributed by atoms with Crippen LogP contribution in [0.5, 0.6) is 0 Å². The van der Waals surface area contributed by atoms with Crippen molar-refractivity contribution in [1.82, 2.24) is 0 Å². The molecule has 3 rings (SSSR count). The first kappa shape index (κ1) is 14.1. The van der Waals surface area contributed by atoms with Crippen LogP contribution in [0.1, 0.15) is 37.2 Å². The van der Waals surface area contributed by atoms with Crippen molar-refractivity contribution in [1.29, 1.82) is 0 Å². The Morgan fingerprint density at radius 1 is 0.762 bits per heavy atom. The van der Waals surface area contributed by atoms with Crippen LogP contribution in [0.4, 0.5) is 11.4 Å². The van der Waals surface area contributed by atoms with Gasteiger partial charge >= 0.3 is 0 Å². The Morgan fingerprint density at radius 3 is 1.90 bits per heavy atom. The highest BCUT2D eigenvalue weighted by Gasteiger charge is 2.19. The zero-order chi connectivity index (χ0) is 14.8. The van der Waals surface area contributed by atoms with Gasteiger partial charge in [0.25, 0.3) is 0 Å². The van der Waals surface area contributed by atoms with Crippen molar-refractivity contribution >= 4 is 19.2 Å². The van der Waals surface area contributed by atoms with Gasteiger partial charge in [-0.3, -0.25) is 0 Å². The fraction of sp³-hybridized carbons (Fsp3) is 0.333. The maximum Gasteiger partial charge on any atom is 0.105 e. The van der Waals surface area contributed by atoms with Crippen molar-refractivity contribution < 1.29 is 0 Å². The monoisotopic (exact) mass is 278 g/mol. The standard InChI is InChI=1S/C18H23BN2/c19-16-7-5-13(6-8-16)12-1-3-14(4-2-12)15-9-17(20)11-18(21)10-15/h1-4,9-11,13,16H,5-8,19-21H2. The minimum Gasteiger partial charge on any atom is -0.399 e.